The van der Waals surface area contributed by atoms with Gasteiger partial charge in [0.25, 0.3) is 5.56 Å². The van der Waals surface area contributed by atoms with Gasteiger partial charge in [-0.3, -0.25) is 14.1 Å². The van der Waals surface area contributed by atoms with Crippen LogP contribution in [0.4, 0.5) is 5.69 Å². The van der Waals surface area contributed by atoms with Gasteiger partial charge in [0, 0.05) is 23.6 Å². The molecule has 1 aromatic heterocycles. The van der Waals surface area contributed by atoms with Crippen molar-refractivity contribution in [2.45, 2.75) is 18.3 Å². The fraction of sp³-hybridized carbons (Fsp3) is 0.167. The van der Waals surface area contributed by atoms with Gasteiger partial charge in [0.2, 0.25) is 10.0 Å². The van der Waals surface area contributed by atoms with Crippen molar-refractivity contribution in [1.29, 1.82) is 5.26 Å². The number of anilines is 1. The summed E-state index contributed by atoms with van der Waals surface area (Å²) in [5.41, 5.74) is 3.29. The molecule has 1 N–H and O–H groups in total. The number of nitrogens with one attached hydrogen (secondary N) is 1. The summed E-state index contributed by atoms with van der Waals surface area (Å²) < 4.78 is 26.7. The maximum Gasteiger partial charge on any atom is 0.255 e. The SMILES string of the molecule is CS(=O)(=O)Nc1ccc(C=Cc2cc(-n3ccccc3=O)cc(C3(C#N)CC3)c2)cc1. The fourth-order valence-corrected chi connectivity index (χ4v) is 4.01. The van der Waals surface area contributed by atoms with E-state index in [4.69, 9.17) is 0 Å². The summed E-state index contributed by atoms with van der Waals surface area (Å²) in [6.45, 7) is 0. The quantitative estimate of drug-likeness (QED) is 0.599. The number of aromatic nitrogens is 1. The van der Waals surface area contributed by atoms with Gasteiger partial charge in [0.1, 0.15) is 0 Å². The summed E-state index contributed by atoms with van der Waals surface area (Å²) in [5, 5.41) is 9.65. The van der Waals surface area contributed by atoms with Crippen LogP contribution in [0.1, 0.15) is 29.5 Å². The first-order valence-electron chi connectivity index (χ1n) is 9.79. The zero-order valence-corrected chi connectivity index (χ0v) is 17.8. The Kier molecular flexibility index (Phi) is 5.25. The summed E-state index contributed by atoms with van der Waals surface area (Å²) in [6.07, 6.45) is 8.29. The number of benzene rings is 2. The van der Waals surface area contributed by atoms with Crippen LogP contribution in [0.2, 0.25) is 0 Å². The van der Waals surface area contributed by atoms with Gasteiger partial charge in [0.05, 0.1) is 17.7 Å². The van der Waals surface area contributed by atoms with E-state index in [1.807, 2.05) is 42.5 Å². The van der Waals surface area contributed by atoms with Gasteiger partial charge >= 0.3 is 0 Å². The summed E-state index contributed by atoms with van der Waals surface area (Å²) in [6, 6.07) is 20.3. The lowest BCUT2D eigenvalue weighted by Gasteiger charge is -2.13. The molecule has 6 nitrogen and oxygen atoms in total. The van der Waals surface area contributed by atoms with Crippen LogP contribution in [0, 0.1) is 11.3 Å². The Morgan fingerprint density at radius 3 is 2.35 bits per heavy atom. The Labute approximate surface area is 181 Å². The number of hydrogen-bond acceptors (Lipinski definition) is 4. The number of rotatable bonds is 6. The Balaban J connectivity index is 1.69. The Morgan fingerprint density at radius 2 is 1.74 bits per heavy atom. The molecule has 0 bridgehead atoms. The third kappa shape index (κ3) is 4.76. The van der Waals surface area contributed by atoms with Crippen LogP contribution in [0.15, 0.2) is 71.7 Å². The summed E-state index contributed by atoms with van der Waals surface area (Å²) in [7, 11) is -3.32. The van der Waals surface area contributed by atoms with E-state index in [0.717, 1.165) is 41.5 Å². The predicted octanol–water partition coefficient (Wildman–Crippen LogP) is 3.93. The second-order valence-corrected chi connectivity index (χ2v) is 9.49. The highest BCUT2D eigenvalue weighted by molar-refractivity contribution is 7.92. The lowest BCUT2D eigenvalue weighted by atomic mass is 9.94. The first-order chi connectivity index (χ1) is 14.8. The molecule has 0 saturated heterocycles. The van der Waals surface area contributed by atoms with E-state index >= 15 is 0 Å². The normalized spacial score (nSPS) is 14.8. The first kappa shape index (κ1) is 20.6. The van der Waals surface area contributed by atoms with Gasteiger partial charge in [-0.05, 0) is 65.9 Å². The second kappa shape index (κ2) is 7.89. The molecule has 4 rings (SSSR count). The molecule has 0 amide bonds. The zero-order chi connectivity index (χ0) is 22.1. The molecule has 0 atom stereocenters. The van der Waals surface area contributed by atoms with Crippen molar-refractivity contribution < 1.29 is 8.42 Å². The smallest absolute Gasteiger partial charge is 0.255 e. The standard InChI is InChI=1S/C24H21N3O3S/c1-31(29,30)26-21-9-7-18(8-10-21)5-6-19-14-20(24(17-25)11-12-24)16-22(15-19)27-13-3-2-4-23(27)28/h2-10,13-16,26H,11-12H2,1H3. The lowest BCUT2D eigenvalue weighted by Crippen LogP contribution is -2.16. The van der Waals surface area contributed by atoms with Crippen LogP contribution in [0.25, 0.3) is 17.8 Å². The summed E-state index contributed by atoms with van der Waals surface area (Å²) >= 11 is 0. The van der Waals surface area contributed by atoms with Crippen molar-refractivity contribution in [2.24, 2.45) is 0 Å². The van der Waals surface area contributed by atoms with Crippen molar-refractivity contribution >= 4 is 27.9 Å². The van der Waals surface area contributed by atoms with Crippen LogP contribution in [0.5, 0.6) is 0 Å². The number of nitriles is 1. The van der Waals surface area contributed by atoms with E-state index in [9.17, 15) is 18.5 Å². The topological polar surface area (TPSA) is 92.0 Å². The number of sulfonamides is 1. The Morgan fingerprint density at radius 1 is 1.03 bits per heavy atom. The van der Waals surface area contributed by atoms with Gasteiger partial charge in [0.15, 0.2) is 0 Å². The molecule has 1 aliphatic carbocycles. The molecule has 0 spiro atoms. The molecule has 2 aromatic carbocycles. The van der Waals surface area contributed by atoms with E-state index in [2.05, 4.69) is 10.8 Å². The molecule has 31 heavy (non-hydrogen) atoms. The van der Waals surface area contributed by atoms with Crippen molar-refractivity contribution in [2.75, 3.05) is 11.0 Å². The number of pyridine rings is 1. The molecule has 0 aliphatic heterocycles. The summed E-state index contributed by atoms with van der Waals surface area (Å²) in [5.74, 6) is 0. The monoisotopic (exact) mass is 431 g/mol. The molecule has 3 aromatic rings. The predicted molar refractivity (Wildman–Crippen MR) is 122 cm³/mol. The van der Waals surface area contributed by atoms with Gasteiger partial charge in [-0.25, -0.2) is 8.42 Å². The maximum atomic E-state index is 12.3. The van der Waals surface area contributed by atoms with Gasteiger partial charge < -0.3 is 0 Å². The molecule has 1 fully saturated rings. The van der Waals surface area contributed by atoms with Crippen molar-refractivity contribution in [3.05, 3.63) is 93.9 Å². The molecule has 156 valence electrons. The summed E-state index contributed by atoms with van der Waals surface area (Å²) in [4.78, 5) is 12.3. The first-order valence-corrected chi connectivity index (χ1v) is 11.7. The average Bonchev–Trinajstić information content (AvgIpc) is 3.54. The molecular weight excluding hydrogens is 410 g/mol. The highest BCUT2D eigenvalue weighted by atomic mass is 32.2. The third-order valence-electron chi connectivity index (χ3n) is 5.24. The van der Waals surface area contributed by atoms with Crippen LogP contribution in [-0.2, 0) is 15.4 Å². The van der Waals surface area contributed by atoms with Crippen molar-refractivity contribution in [3.63, 3.8) is 0 Å². The maximum absolute atomic E-state index is 12.3. The molecule has 1 saturated carbocycles. The molecule has 1 heterocycles. The minimum atomic E-state index is -3.32. The largest absolute Gasteiger partial charge is 0.284 e. The molecule has 0 radical (unpaired) electrons. The van der Waals surface area contributed by atoms with E-state index < -0.39 is 15.4 Å². The van der Waals surface area contributed by atoms with Crippen LogP contribution < -0.4 is 10.3 Å². The minimum absolute atomic E-state index is 0.134. The van der Waals surface area contributed by atoms with Crippen LogP contribution in [0.3, 0.4) is 0 Å². The van der Waals surface area contributed by atoms with E-state index in [1.165, 1.54) is 6.07 Å². The molecular formula is C24H21N3O3S. The van der Waals surface area contributed by atoms with Gasteiger partial charge in [-0.1, -0.05) is 30.4 Å². The number of hydrogen-bond donors (Lipinski definition) is 1. The zero-order valence-electron chi connectivity index (χ0n) is 16.9. The van der Waals surface area contributed by atoms with Gasteiger partial charge in [-0.15, -0.1) is 0 Å². The Hall–Kier alpha value is -3.63. The third-order valence-corrected chi connectivity index (χ3v) is 5.85. The highest BCUT2D eigenvalue weighted by Gasteiger charge is 2.45. The van der Waals surface area contributed by atoms with E-state index in [-0.39, 0.29) is 5.56 Å². The molecule has 1 aliphatic rings. The average molecular weight is 432 g/mol. The van der Waals surface area contributed by atoms with Crippen LogP contribution in [-0.4, -0.2) is 19.2 Å². The van der Waals surface area contributed by atoms with E-state index in [0.29, 0.717) is 5.69 Å². The Bertz CT molecular complexity index is 1360. The van der Waals surface area contributed by atoms with E-state index in [1.54, 1.807) is 35.0 Å². The van der Waals surface area contributed by atoms with Crippen molar-refractivity contribution in [3.8, 4) is 11.8 Å². The highest BCUT2D eigenvalue weighted by Crippen LogP contribution is 2.48. The van der Waals surface area contributed by atoms with Crippen LogP contribution >= 0.6 is 0 Å². The number of nitrogens with zero attached hydrogens (tertiary/aromatic N) is 2. The molecule has 7 heteroatoms. The lowest BCUT2D eigenvalue weighted by molar-refractivity contribution is 0.607. The van der Waals surface area contributed by atoms with Crippen molar-refractivity contribution in [1.82, 2.24) is 4.57 Å². The van der Waals surface area contributed by atoms with Gasteiger partial charge in [-0.2, -0.15) is 5.26 Å². The molecule has 0 unspecified atom stereocenters. The minimum Gasteiger partial charge on any atom is -0.284 e. The second-order valence-electron chi connectivity index (χ2n) is 7.75. The fourth-order valence-electron chi connectivity index (χ4n) is 3.45.